The summed E-state index contributed by atoms with van der Waals surface area (Å²) in [5.41, 5.74) is 6.26. The summed E-state index contributed by atoms with van der Waals surface area (Å²) >= 11 is 0. The molecule has 1 aromatic carbocycles. The van der Waals surface area contributed by atoms with Crippen LogP contribution in [0, 0.1) is 12.3 Å². The van der Waals surface area contributed by atoms with Gasteiger partial charge in [0, 0.05) is 57.6 Å². The molecular formula is C29H36N8. The van der Waals surface area contributed by atoms with Gasteiger partial charge >= 0.3 is 0 Å². The summed E-state index contributed by atoms with van der Waals surface area (Å²) in [4.78, 5) is 15.6. The van der Waals surface area contributed by atoms with Gasteiger partial charge in [-0.3, -0.25) is 10.4 Å². The summed E-state index contributed by atoms with van der Waals surface area (Å²) < 4.78 is 0. The standard InChI is InChI=1S/C29H36N8/c1-20-7-8-23(24-15-26(18-31-17-24)34-22(3)35(4)5)16-27(20)29(30)21(2)33-25-9-10-28(32-19-25)37-13-11-36(6)12-14-37/h7-10,15-19,30,33-34H,2-3,11-14H2,1,4-6H3. The van der Waals surface area contributed by atoms with Crippen molar-refractivity contribution in [3.8, 4) is 11.1 Å². The van der Waals surface area contributed by atoms with E-state index in [0.717, 1.165) is 71.4 Å². The van der Waals surface area contributed by atoms with Crippen LogP contribution in [0.2, 0.25) is 0 Å². The van der Waals surface area contributed by atoms with E-state index in [0.29, 0.717) is 11.4 Å². The number of pyridine rings is 2. The van der Waals surface area contributed by atoms with Crippen LogP contribution in [0.1, 0.15) is 11.1 Å². The number of allylic oxidation sites excluding steroid dienone is 1. The molecule has 0 unspecified atom stereocenters. The molecule has 0 radical (unpaired) electrons. The molecular weight excluding hydrogens is 460 g/mol. The van der Waals surface area contributed by atoms with Gasteiger partial charge in [-0.15, -0.1) is 0 Å². The van der Waals surface area contributed by atoms with Gasteiger partial charge in [0.2, 0.25) is 0 Å². The third-order valence-electron chi connectivity index (χ3n) is 6.58. The normalized spacial score (nSPS) is 13.7. The Labute approximate surface area is 219 Å². The molecule has 0 atom stereocenters. The van der Waals surface area contributed by atoms with E-state index in [9.17, 15) is 0 Å². The first kappa shape index (κ1) is 25.9. The lowest BCUT2D eigenvalue weighted by molar-refractivity contribution is 0.312. The van der Waals surface area contributed by atoms with E-state index in [1.165, 1.54) is 0 Å². The van der Waals surface area contributed by atoms with Crippen LogP contribution >= 0.6 is 0 Å². The molecule has 192 valence electrons. The van der Waals surface area contributed by atoms with Crippen molar-refractivity contribution < 1.29 is 0 Å². The molecule has 0 saturated carbocycles. The molecule has 0 bridgehead atoms. The Morgan fingerprint density at radius 2 is 1.68 bits per heavy atom. The summed E-state index contributed by atoms with van der Waals surface area (Å²) in [6.07, 6.45) is 5.40. The minimum absolute atomic E-state index is 0.339. The number of likely N-dealkylation sites (N-methyl/N-ethyl adjacent to an activating group) is 1. The van der Waals surface area contributed by atoms with Gasteiger partial charge in [0.05, 0.1) is 41.0 Å². The van der Waals surface area contributed by atoms with E-state index in [2.05, 4.69) is 50.6 Å². The predicted octanol–water partition coefficient (Wildman–Crippen LogP) is 4.64. The van der Waals surface area contributed by atoms with E-state index in [1.54, 1.807) is 12.4 Å². The number of hydrogen-bond donors (Lipinski definition) is 3. The van der Waals surface area contributed by atoms with Crippen molar-refractivity contribution in [2.75, 3.05) is 62.9 Å². The van der Waals surface area contributed by atoms with Crippen LogP contribution in [-0.2, 0) is 0 Å². The van der Waals surface area contributed by atoms with Gasteiger partial charge in [-0.25, -0.2) is 4.98 Å². The van der Waals surface area contributed by atoms with Crippen molar-refractivity contribution >= 4 is 22.9 Å². The molecule has 0 spiro atoms. The smallest absolute Gasteiger partial charge is 0.128 e. The zero-order chi connectivity index (χ0) is 26.5. The lowest BCUT2D eigenvalue weighted by atomic mass is 9.96. The third kappa shape index (κ3) is 6.34. The average molecular weight is 497 g/mol. The summed E-state index contributed by atoms with van der Waals surface area (Å²) in [5, 5.41) is 15.4. The van der Waals surface area contributed by atoms with Crippen molar-refractivity contribution in [3.63, 3.8) is 0 Å². The van der Waals surface area contributed by atoms with Crippen LogP contribution in [-0.4, -0.2) is 72.8 Å². The molecule has 2 aromatic heterocycles. The highest BCUT2D eigenvalue weighted by Crippen LogP contribution is 2.26. The van der Waals surface area contributed by atoms with Gasteiger partial charge in [-0.2, -0.15) is 0 Å². The summed E-state index contributed by atoms with van der Waals surface area (Å²) in [7, 11) is 6.01. The summed E-state index contributed by atoms with van der Waals surface area (Å²) in [5.74, 6) is 1.75. The quantitative estimate of drug-likeness (QED) is 0.372. The molecule has 0 amide bonds. The van der Waals surface area contributed by atoms with Gasteiger partial charge in [0.25, 0.3) is 0 Å². The molecule has 37 heavy (non-hydrogen) atoms. The average Bonchev–Trinajstić information content (AvgIpc) is 2.89. The molecule has 1 aliphatic heterocycles. The van der Waals surface area contributed by atoms with E-state index in [1.807, 2.05) is 68.5 Å². The maximum absolute atomic E-state index is 8.85. The molecule has 8 nitrogen and oxygen atoms in total. The molecule has 8 heteroatoms. The van der Waals surface area contributed by atoms with Crippen LogP contribution in [0.25, 0.3) is 11.1 Å². The van der Waals surface area contributed by atoms with E-state index >= 15 is 0 Å². The van der Waals surface area contributed by atoms with Crippen molar-refractivity contribution in [3.05, 3.63) is 90.8 Å². The highest BCUT2D eigenvalue weighted by molar-refractivity contribution is 6.13. The molecule has 1 aliphatic rings. The molecule has 3 aromatic rings. The van der Waals surface area contributed by atoms with Gasteiger partial charge in [-0.1, -0.05) is 25.3 Å². The highest BCUT2D eigenvalue weighted by Gasteiger charge is 2.16. The number of hydrogen-bond acceptors (Lipinski definition) is 8. The van der Waals surface area contributed by atoms with Crippen LogP contribution in [0.4, 0.5) is 17.2 Å². The third-order valence-corrected chi connectivity index (χ3v) is 6.58. The maximum Gasteiger partial charge on any atom is 0.128 e. The van der Waals surface area contributed by atoms with Gasteiger partial charge in [0.1, 0.15) is 5.82 Å². The molecule has 4 rings (SSSR count). The Kier molecular flexibility index (Phi) is 7.89. The zero-order valence-corrected chi connectivity index (χ0v) is 22.2. The second kappa shape index (κ2) is 11.3. The fourth-order valence-electron chi connectivity index (χ4n) is 4.10. The lowest BCUT2D eigenvalue weighted by Gasteiger charge is -2.33. The number of aromatic nitrogens is 2. The van der Waals surface area contributed by atoms with E-state index in [4.69, 9.17) is 5.41 Å². The van der Waals surface area contributed by atoms with Gasteiger partial charge in [-0.05, 0) is 49.4 Å². The van der Waals surface area contributed by atoms with Crippen molar-refractivity contribution in [2.24, 2.45) is 0 Å². The number of benzene rings is 1. The Hall–Kier alpha value is -4.17. The summed E-state index contributed by atoms with van der Waals surface area (Å²) in [6.45, 7) is 14.2. The van der Waals surface area contributed by atoms with E-state index in [-0.39, 0.29) is 0 Å². The monoisotopic (exact) mass is 496 g/mol. The Bertz CT molecular complexity index is 1290. The lowest BCUT2D eigenvalue weighted by Crippen LogP contribution is -2.44. The molecule has 3 heterocycles. The Balaban J connectivity index is 1.46. The van der Waals surface area contributed by atoms with Crippen LogP contribution in [0.15, 0.2) is 79.7 Å². The van der Waals surface area contributed by atoms with Crippen LogP contribution < -0.4 is 15.5 Å². The molecule has 1 saturated heterocycles. The van der Waals surface area contributed by atoms with Crippen LogP contribution in [0.5, 0.6) is 0 Å². The predicted molar refractivity (Wildman–Crippen MR) is 154 cm³/mol. The van der Waals surface area contributed by atoms with Crippen molar-refractivity contribution in [2.45, 2.75) is 6.92 Å². The number of nitrogens with zero attached hydrogens (tertiary/aromatic N) is 5. The fraction of sp³-hybridized carbons (Fsp3) is 0.276. The Morgan fingerprint density at radius 3 is 2.35 bits per heavy atom. The highest BCUT2D eigenvalue weighted by atomic mass is 15.3. The minimum atomic E-state index is 0.339. The minimum Gasteiger partial charge on any atom is -0.365 e. The topological polar surface area (TPSA) is 83.4 Å². The van der Waals surface area contributed by atoms with Gasteiger partial charge in [0.15, 0.2) is 0 Å². The number of aryl methyl sites for hydroxylation is 1. The van der Waals surface area contributed by atoms with Gasteiger partial charge < -0.3 is 25.3 Å². The second-order valence-corrected chi connectivity index (χ2v) is 9.63. The Morgan fingerprint density at radius 1 is 0.919 bits per heavy atom. The second-order valence-electron chi connectivity index (χ2n) is 9.63. The summed E-state index contributed by atoms with van der Waals surface area (Å²) in [6, 6.07) is 12.1. The number of nitrogens with one attached hydrogen (secondary N) is 3. The molecule has 1 fully saturated rings. The first-order valence-electron chi connectivity index (χ1n) is 12.4. The molecule has 0 aliphatic carbocycles. The van der Waals surface area contributed by atoms with Crippen molar-refractivity contribution in [1.29, 1.82) is 5.41 Å². The zero-order valence-electron chi connectivity index (χ0n) is 22.2. The molecule has 3 N–H and O–H groups in total. The number of rotatable bonds is 9. The number of piperazine rings is 1. The van der Waals surface area contributed by atoms with Crippen LogP contribution in [0.3, 0.4) is 0 Å². The number of anilines is 3. The van der Waals surface area contributed by atoms with E-state index < -0.39 is 0 Å². The fourth-order valence-corrected chi connectivity index (χ4v) is 4.10. The SMILES string of the molecule is C=C(Nc1ccc(N2CCN(C)CC2)nc1)C(=N)c1cc(-c2cncc(NC(=C)N(C)C)c2)ccc1C. The first-order chi connectivity index (χ1) is 17.7. The largest absolute Gasteiger partial charge is 0.365 e. The van der Waals surface area contributed by atoms with Crippen molar-refractivity contribution in [1.82, 2.24) is 19.8 Å². The maximum atomic E-state index is 8.85. The first-order valence-corrected chi connectivity index (χ1v) is 12.4.